The van der Waals surface area contributed by atoms with Crippen molar-refractivity contribution in [3.63, 3.8) is 0 Å². The number of hydrogen-bond donors (Lipinski definition) is 10. The molecule has 2 aromatic heterocycles. The van der Waals surface area contributed by atoms with E-state index in [4.69, 9.17) is 19.5 Å². The first kappa shape index (κ1) is 53.5. The number of fused-ring (bicyclic) bond motifs is 1. The molecular formula is C35H44F3N8O17P3S. The third-order valence-electron chi connectivity index (χ3n) is 9.38. The molecule has 7 unspecified atom stereocenters. The number of halogens is 3. The fraction of sp³-hybridized carbons (Fsp3) is 0.429. The number of aliphatic hydroxyl groups is 2. The topological polar surface area (TPSA) is 376 Å². The fourth-order valence-electron chi connectivity index (χ4n) is 6.11. The first-order chi connectivity index (χ1) is 31.2. The normalized spacial score (nSPS) is 20.2. The van der Waals surface area contributed by atoms with Crippen molar-refractivity contribution >= 4 is 80.5 Å². The molecule has 1 fully saturated rings. The summed E-state index contributed by atoms with van der Waals surface area (Å²) in [7, 11) is -16.5. The van der Waals surface area contributed by atoms with E-state index in [9.17, 15) is 71.0 Å². The second kappa shape index (κ2) is 21.9. The predicted octanol–water partition coefficient (Wildman–Crippen LogP) is 2.74. The number of hydrogen-bond acceptors (Lipinski definition) is 19. The summed E-state index contributed by atoms with van der Waals surface area (Å²) in [6, 6.07) is 10.7. The summed E-state index contributed by atoms with van der Waals surface area (Å²) in [5.41, 5.74) is 3.21. The van der Waals surface area contributed by atoms with E-state index in [1.54, 1.807) is 6.07 Å². The van der Waals surface area contributed by atoms with Crippen molar-refractivity contribution < 1.29 is 93.7 Å². The number of thioether (sulfide) groups is 1. The van der Waals surface area contributed by atoms with Gasteiger partial charge in [-0.05, 0) is 24.3 Å². The second-order valence-corrected chi connectivity index (χ2v) is 20.2. The molecule has 32 heteroatoms. The average Bonchev–Trinajstić information content (AvgIpc) is 3.80. The number of phosphoric acid groups is 3. The van der Waals surface area contributed by atoms with Crippen LogP contribution in [-0.2, 0) is 52.1 Å². The molecule has 0 aliphatic carbocycles. The number of amides is 2. The maximum Gasteiger partial charge on any atom is 0.481 e. The van der Waals surface area contributed by atoms with Crippen LogP contribution in [0.5, 0.6) is 0 Å². The van der Waals surface area contributed by atoms with E-state index in [0.717, 1.165) is 35.0 Å². The molecular weight excluding hydrogens is 986 g/mol. The lowest BCUT2D eigenvalue weighted by atomic mass is 9.87. The fourth-order valence-corrected chi connectivity index (χ4v) is 9.66. The summed E-state index contributed by atoms with van der Waals surface area (Å²) in [5.74, 6) is -1.62. The van der Waals surface area contributed by atoms with Crippen LogP contribution in [-0.4, -0.2) is 123 Å². The third-order valence-corrected chi connectivity index (χ3v) is 13.4. The molecule has 1 aliphatic heterocycles. The Hall–Kier alpha value is -4.41. The van der Waals surface area contributed by atoms with Crippen molar-refractivity contribution in [1.29, 1.82) is 0 Å². The van der Waals surface area contributed by atoms with Gasteiger partial charge in [0.05, 0.1) is 42.0 Å². The van der Waals surface area contributed by atoms with Gasteiger partial charge >= 0.3 is 29.6 Å². The van der Waals surface area contributed by atoms with Crippen molar-refractivity contribution in [3.05, 3.63) is 72.3 Å². The van der Waals surface area contributed by atoms with Gasteiger partial charge in [-0.3, -0.25) is 32.5 Å². The number of nitrogens with zero attached hydrogens (tertiary/aromatic N) is 4. The van der Waals surface area contributed by atoms with Crippen LogP contribution in [0, 0.1) is 5.41 Å². The number of benzene rings is 2. The molecule has 7 atom stereocenters. The van der Waals surface area contributed by atoms with Crippen molar-refractivity contribution in [2.24, 2.45) is 5.41 Å². The maximum absolute atomic E-state index is 13.5. The molecule has 1 aliphatic rings. The summed E-state index contributed by atoms with van der Waals surface area (Å²) in [6.07, 6.45) is -11.9. The highest BCUT2D eigenvalue weighted by molar-refractivity contribution is 8.14. The van der Waals surface area contributed by atoms with Gasteiger partial charge in [-0.25, -0.2) is 28.6 Å². The first-order valence-electron chi connectivity index (χ1n) is 19.3. The molecule has 2 amide bonds. The predicted molar refractivity (Wildman–Crippen MR) is 228 cm³/mol. The van der Waals surface area contributed by atoms with Crippen molar-refractivity contribution in [2.75, 3.05) is 43.1 Å². The van der Waals surface area contributed by atoms with Crippen LogP contribution in [0.1, 0.15) is 42.4 Å². The minimum atomic E-state index is -5.63. The van der Waals surface area contributed by atoms with Crippen molar-refractivity contribution in [3.8, 4) is 0 Å². The molecule has 11 N–H and O–H groups in total. The molecule has 2 aromatic carbocycles. The number of anilines is 3. The number of aliphatic hydroxyl groups excluding tert-OH is 2. The number of carbonyl (C=O) groups excluding carboxylic acids is 3. The number of imidazole rings is 1. The summed E-state index contributed by atoms with van der Waals surface area (Å²) in [5, 5.41) is 28.6. The number of alkyl halides is 3. The monoisotopic (exact) mass is 1030 g/mol. The number of nitrogens with two attached hydrogens (primary N) is 1. The average molecular weight is 1030 g/mol. The second-order valence-electron chi connectivity index (χ2n) is 14.9. The van der Waals surface area contributed by atoms with E-state index in [1.807, 2.05) is 0 Å². The zero-order valence-electron chi connectivity index (χ0n) is 34.8. The lowest BCUT2D eigenvalue weighted by Crippen LogP contribution is -2.46. The summed E-state index contributed by atoms with van der Waals surface area (Å²) in [6.45, 7) is -0.0223. The van der Waals surface area contributed by atoms with Gasteiger partial charge < -0.3 is 56.2 Å². The number of carbonyl (C=O) groups is 3. The van der Waals surface area contributed by atoms with E-state index in [-0.39, 0.29) is 59.2 Å². The molecule has 0 spiro atoms. The van der Waals surface area contributed by atoms with Gasteiger partial charge in [0.1, 0.15) is 36.3 Å². The van der Waals surface area contributed by atoms with Gasteiger partial charge in [0.25, 0.3) is 0 Å². The van der Waals surface area contributed by atoms with Crippen molar-refractivity contribution in [2.45, 2.75) is 57.1 Å². The Morgan fingerprint density at radius 3 is 2.28 bits per heavy atom. The molecule has 67 heavy (non-hydrogen) atoms. The molecule has 0 bridgehead atoms. The largest absolute Gasteiger partial charge is 0.481 e. The smallest absolute Gasteiger partial charge is 0.386 e. The number of para-hydroxylation sites is 2. The molecule has 25 nitrogen and oxygen atoms in total. The van der Waals surface area contributed by atoms with Crippen LogP contribution in [0.4, 0.5) is 30.4 Å². The highest BCUT2D eigenvalue weighted by Crippen LogP contribution is 2.61. The molecule has 368 valence electrons. The summed E-state index contributed by atoms with van der Waals surface area (Å²) >= 11 is 0.796. The Labute approximate surface area is 381 Å². The number of ether oxygens (including phenoxy) is 1. The van der Waals surface area contributed by atoms with Gasteiger partial charge in [-0.1, -0.05) is 49.9 Å². The van der Waals surface area contributed by atoms with Crippen LogP contribution in [0.3, 0.4) is 0 Å². The summed E-state index contributed by atoms with van der Waals surface area (Å²) in [4.78, 5) is 89.1. The first-order valence-corrected chi connectivity index (χ1v) is 24.8. The zero-order valence-corrected chi connectivity index (χ0v) is 38.3. The standard InChI is InChI=1S/C35H44F3N8O17P3S/c1-34(2,28(49)31(50)41-12-11-24(47)40-13-14-67-33(51)19-7-3-5-9-21(19)45-22-10-6-4-8-20(22)35(36,37)38)16-60-66(57,58)63-65(55,56)59-15-23-27(62-64(52,53)54)26(48)32(61-23)46-18-44-25-29(39)42-17-43-30(25)46/h3-10,17-18,23,26-28,32,45,48-49H,11-16H2,1-2H3,(H,40,47)(H,41,50)(H,55,56)(H,57,58)(H2,39,42,43)(H2,52,53,54). The molecule has 0 radical (unpaired) electrons. The SMILES string of the molecule is CC(C)(COP(=O)(O)OP(=O)(O)OCC1OC(n2cnc3c(N)ncnc32)C(O)C1OP(=O)(O)O)C(O)C(=O)NCCC(=O)NCCSC(=O)c1ccccc1Nc1ccccc1C(F)(F)F. The van der Waals surface area contributed by atoms with Crippen LogP contribution >= 0.6 is 35.2 Å². The minimum Gasteiger partial charge on any atom is -0.386 e. The highest BCUT2D eigenvalue weighted by Gasteiger charge is 2.50. The molecule has 1 saturated heterocycles. The zero-order chi connectivity index (χ0) is 49.5. The van der Waals surface area contributed by atoms with Gasteiger partial charge in [-0.2, -0.15) is 17.5 Å². The Kier molecular flexibility index (Phi) is 17.5. The van der Waals surface area contributed by atoms with E-state index in [2.05, 4.69) is 39.7 Å². The summed E-state index contributed by atoms with van der Waals surface area (Å²) < 4.78 is 103. The lowest BCUT2D eigenvalue weighted by Gasteiger charge is -2.30. The van der Waals surface area contributed by atoms with Gasteiger partial charge in [0.2, 0.25) is 16.9 Å². The Morgan fingerprint density at radius 1 is 0.940 bits per heavy atom. The maximum atomic E-state index is 13.5. The van der Waals surface area contributed by atoms with Crippen LogP contribution in [0.25, 0.3) is 11.2 Å². The van der Waals surface area contributed by atoms with Gasteiger partial charge in [0.15, 0.2) is 17.7 Å². The van der Waals surface area contributed by atoms with Crippen LogP contribution in [0.15, 0.2) is 61.2 Å². The van der Waals surface area contributed by atoms with E-state index in [1.165, 1.54) is 50.2 Å². The molecule has 5 rings (SSSR count). The third kappa shape index (κ3) is 14.8. The van der Waals surface area contributed by atoms with Crippen LogP contribution in [0.2, 0.25) is 0 Å². The Balaban J connectivity index is 1.04. The van der Waals surface area contributed by atoms with E-state index >= 15 is 0 Å². The molecule has 4 aromatic rings. The number of rotatable bonds is 22. The van der Waals surface area contributed by atoms with E-state index in [0.29, 0.717) is 0 Å². The molecule has 0 saturated carbocycles. The minimum absolute atomic E-state index is 0.00775. The Morgan fingerprint density at radius 2 is 1.60 bits per heavy atom. The highest BCUT2D eigenvalue weighted by atomic mass is 32.2. The number of phosphoric ester groups is 3. The van der Waals surface area contributed by atoms with E-state index < -0.39 is 101 Å². The number of nitrogens with one attached hydrogen (secondary N) is 3. The van der Waals surface area contributed by atoms with Crippen molar-refractivity contribution in [1.82, 2.24) is 30.2 Å². The quantitative estimate of drug-likeness (QED) is 0.0399. The number of aromatic nitrogens is 4. The Bertz CT molecular complexity index is 2570. The van der Waals surface area contributed by atoms with Crippen LogP contribution < -0.4 is 21.7 Å². The molecule has 3 heterocycles. The van der Waals surface area contributed by atoms with Gasteiger partial charge in [-0.15, -0.1) is 0 Å². The lowest BCUT2D eigenvalue weighted by molar-refractivity contribution is -0.137. The number of nitrogen functional groups attached to an aromatic ring is 1. The van der Waals surface area contributed by atoms with Gasteiger partial charge in [0, 0.05) is 30.7 Å².